The summed E-state index contributed by atoms with van der Waals surface area (Å²) >= 11 is 0. The summed E-state index contributed by atoms with van der Waals surface area (Å²) in [6.45, 7) is 9.89. The smallest absolute Gasteiger partial charge is 0.254 e. The van der Waals surface area contributed by atoms with Crippen molar-refractivity contribution in [2.45, 2.75) is 58.0 Å². The van der Waals surface area contributed by atoms with Crippen LogP contribution in [0.1, 0.15) is 56.8 Å². The lowest BCUT2D eigenvalue weighted by Gasteiger charge is -2.41. The van der Waals surface area contributed by atoms with Crippen molar-refractivity contribution in [2.75, 3.05) is 26.2 Å². The molecule has 1 saturated heterocycles. The molecule has 2 aromatic carbocycles. The molecular weight excluding hydrogens is 458 g/mol. The molecule has 0 bridgehead atoms. The van der Waals surface area contributed by atoms with Crippen LogP contribution in [0.2, 0.25) is 0 Å². The first-order chi connectivity index (χ1) is 17.3. The van der Waals surface area contributed by atoms with Crippen LogP contribution in [-0.4, -0.2) is 58.5 Å². The zero-order valence-corrected chi connectivity index (χ0v) is 21.4. The highest BCUT2D eigenvalue weighted by Gasteiger charge is 2.42. The minimum absolute atomic E-state index is 0.0656. The number of aromatic nitrogens is 1. The molecule has 2 atom stereocenters. The molecule has 4 rings (SSSR count). The van der Waals surface area contributed by atoms with E-state index in [2.05, 4.69) is 30.7 Å². The number of hydrogen-bond donors (Lipinski definition) is 1. The van der Waals surface area contributed by atoms with Crippen LogP contribution < -0.4 is 5.73 Å². The molecule has 36 heavy (non-hydrogen) atoms. The average Bonchev–Trinajstić information content (AvgIpc) is 3.40. The van der Waals surface area contributed by atoms with Crippen molar-refractivity contribution in [3.05, 3.63) is 65.7 Å². The Morgan fingerprint density at radius 1 is 1.11 bits per heavy atom. The van der Waals surface area contributed by atoms with Crippen LogP contribution in [0.25, 0.3) is 22.2 Å². The summed E-state index contributed by atoms with van der Waals surface area (Å²) in [5.41, 5.74) is 8.53. The second-order valence-electron chi connectivity index (χ2n) is 9.72. The largest absolute Gasteiger partial charge is 0.334 e. The maximum atomic E-state index is 14.1. The number of fused-ring (bicyclic) bond motifs is 1. The lowest BCUT2D eigenvalue weighted by Crippen LogP contribution is -2.58. The predicted molar refractivity (Wildman–Crippen MR) is 141 cm³/mol. The molecule has 1 fully saturated rings. The molecule has 192 valence electrons. The zero-order valence-electron chi connectivity index (χ0n) is 21.4. The van der Waals surface area contributed by atoms with Crippen molar-refractivity contribution in [3.8, 4) is 11.3 Å². The van der Waals surface area contributed by atoms with E-state index in [1.165, 1.54) is 6.07 Å². The van der Waals surface area contributed by atoms with Gasteiger partial charge in [0, 0.05) is 23.0 Å². The van der Waals surface area contributed by atoms with E-state index in [9.17, 15) is 13.6 Å². The van der Waals surface area contributed by atoms with E-state index >= 15 is 0 Å². The maximum Gasteiger partial charge on any atom is 0.254 e. The number of amides is 1. The molecule has 0 aliphatic carbocycles. The van der Waals surface area contributed by atoms with Gasteiger partial charge >= 0.3 is 0 Å². The summed E-state index contributed by atoms with van der Waals surface area (Å²) in [5.74, 6) is -1.95. The predicted octanol–water partition coefficient (Wildman–Crippen LogP) is 5.62. The Morgan fingerprint density at radius 2 is 1.86 bits per heavy atom. The van der Waals surface area contributed by atoms with Crippen molar-refractivity contribution >= 4 is 16.8 Å². The van der Waals surface area contributed by atoms with Gasteiger partial charge < -0.3 is 15.5 Å². The van der Waals surface area contributed by atoms with Gasteiger partial charge in [-0.3, -0.25) is 4.79 Å². The third-order valence-corrected chi connectivity index (χ3v) is 7.79. The van der Waals surface area contributed by atoms with Crippen molar-refractivity contribution in [1.29, 1.82) is 0 Å². The Labute approximate surface area is 212 Å². The fraction of sp³-hybridized carbons (Fsp3) is 0.448. The van der Waals surface area contributed by atoms with Crippen molar-refractivity contribution in [1.82, 2.24) is 14.8 Å². The van der Waals surface area contributed by atoms with Crippen LogP contribution in [0.15, 0.2) is 48.5 Å². The highest BCUT2D eigenvalue weighted by Crippen LogP contribution is 2.34. The number of para-hydroxylation sites is 1. The van der Waals surface area contributed by atoms with Gasteiger partial charge in [-0.25, -0.2) is 13.8 Å². The van der Waals surface area contributed by atoms with Crippen molar-refractivity contribution in [2.24, 2.45) is 5.73 Å². The molecule has 5 nitrogen and oxygen atoms in total. The van der Waals surface area contributed by atoms with Crippen LogP contribution in [-0.2, 0) is 0 Å². The summed E-state index contributed by atoms with van der Waals surface area (Å²) in [5, 5.41) is 0.738. The van der Waals surface area contributed by atoms with Crippen LogP contribution in [0.3, 0.4) is 0 Å². The number of benzene rings is 2. The van der Waals surface area contributed by atoms with Gasteiger partial charge in [0.15, 0.2) is 11.6 Å². The average molecular weight is 495 g/mol. The highest BCUT2D eigenvalue weighted by atomic mass is 19.2. The summed E-state index contributed by atoms with van der Waals surface area (Å²) in [7, 11) is 0. The lowest BCUT2D eigenvalue weighted by atomic mass is 9.83. The quantitative estimate of drug-likeness (QED) is 0.419. The van der Waals surface area contributed by atoms with E-state index < -0.39 is 17.2 Å². The number of nitrogens with two attached hydrogens (primary N) is 1. The Balaban J connectivity index is 1.71. The van der Waals surface area contributed by atoms with Crippen LogP contribution in [0, 0.1) is 11.6 Å². The van der Waals surface area contributed by atoms with Crippen molar-refractivity contribution < 1.29 is 13.6 Å². The monoisotopic (exact) mass is 494 g/mol. The van der Waals surface area contributed by atoms with E-state index in [0.29, 0.717) is 28.9 Å². The van der Waals surface area contributed by atoms with Gasteiger partial charge in [-0.1, -0.05) is 39.0 Å². The molecule has 0 saturated carbocycles. The molecular formula is C29H36F2N4O. The van der Waals surface area contributed by atoms with E-state index in [1.54, 1.807) is 6.07 Å². The standard InChI is InChI=1S/C29H36F2N4O/c1-4-29(32,15-17-34(5-2)6-3)27-12-9-16-35(27)28(36)22-19-26(20-13-14-23(30)24(31)18-20)33-25-11-8-7-10-21(22)25/h7-8,10-11,13-14,18-19,27H,4-6,9,12,15-17,32H2,1-3H3. The van der Waals surface area contributed by atoms with Crippen molar-refractivity contribution in [3.63, 3.8) is 0 Å². The highest BCUT2D eigenvalue weighted by molar-refractivity contribution is 6.07. The van der Waals surface area contributed by atoms with E-state index in [1.807, 2.05) is 29.2 Å². The number of pyridine rings is 1. The maximum absolute atomic E-state index is 14.1. The second-order valence-corrected chi connectivity index (χ2v) is 9.72. The van der Waals surface area contributed by atoms with E-state index in [-0.39, 0.29) is 11.9 Å². The first-order valence-electron chi connectivity index (χ1n) is 13.0. The summed E-state index contributed by atoms with van der Waals surface area (Å²) in [6.07, 6.45) is 3.36. The Bertz CT molecular complexity index is 1230. The molecule has 1 amide bonds. The molecule has 1 aliphatic rings. The second kappa shape index (κ2) is 11.0. The number of likely N-dealkylation sites (tertiary alicyclic amines) is 1. The van der Waals surface area contributed by atoms with Crippen LogP contribution in [0.5, 0.6) is 0 Å². The number of rotatable bonds is 9. The van der Waals surface area contributed by atoms with Gasteiger partial charge in [0.25, 0.3) is 5.91 Å². The van der Waals surface area contributed by atoms with E-state index in [4.69, 9.17) is 5.73 Å². The fourth-order valence-corrected chi connectivity index (χ4v) is 5.40. The molecule has 2 N–H and O–H groups in total. The summed E-state index contributed by atoms with van der Waals surface area (Å²) < 4.78 is 27.5. The molecule has 0 radical (unpaired) electrons. The Morgan fingerprint density at radius 3 is 2.56 bits per heavy atom. The number of hydrogen-bond acceptors (Lipinski definition) is 4. The van der Waals surface area contributed by atoms with Gasteiger partial charge in [0.05, 0.1) is 22.8 Å². The number of carbonyl (C=O) groups excluding carboxylic acids is 1. The first kappa shape index (κ1) is 26.2. The molecule has 1 aliphatic heterocycles. The minimum atomic E-state index is -0.945. The third kappa shape index (κ3) is 5.13. The van der Waals surface area contributed by atoms with Gasteiger partial charge in [-0.2, -0.15) is 0 Å². The molecule has 3 aromatic rings. The molecule has 0 spiro atoms. The Kier molecular flexibility index (Phi) is 8.00. The zero-order chi connectivity index (χ0) is 25.9. The minimum Gasteiger partial charge on any atom is -0.334 e. The Hall–Kier alpha value is -2.90. The SMILES string of the molecule is CCN(CC)CCC(N)(CC)C1CCCN1C(=O)c1cc(-c2ccc(F)c(F)c2)nc2ccccc12. The van der Waals surface area contributed by atoms with Gasteiger partial charge in [-0.05, 0) is 75.6 Å². The third-order valence-electron chi connectivity index (χ3n) is 7.79. The van der Waals surface area contributed by atoms with Crippen LogP contribution >= 0.6 is 0 Å². The summed E-state index contributed by atoms with van der Waals surface area (Å²) in [6, 6.07) is 12.8. The first-order valence-corrected chi connectivity index (χ1v) is 13.0. The number of carbonyl (C=O) groups is 1. The van der Waals surface area contributed by atoms with Gasteiger partial charge in [0.2, 0.25) is 0 Å². The topological polar surface area (TPSA) is 62.5 Å². The summed E-state index contributed by atoms with van der Waals surface area (Å²) in [4.78, 5) is 23.0. The van der Waals surface area contributed by atoms with Gasteiger partial charge in [-0.15, -0.1) is 0 Å². The molecule has 2 unspecified atom stereocenters. The van der Waals surface area contributed by atoms with E-state index in [0.717, 1.165) is 62.8 Å². The van der Waals surface area contributed by atoms with Gasteiger partial charge in [0.1, 0.15) is 0 Å². The fourth-order valence-electron chi connectivity index (χ4n) is 5.40. The molecule has 2 heterocycles. The lowest BCUT2D eigenvalue weighted by molar-refractivity contribution is 0.0637. The number of halogens is 2. The molecule has 7 heteroatoms. The molecule has 1 aromatic heterocycles. The normalized spacial score (nSPS) is 17.6. The number of nitrogens with zero attached hydrogens (tertiary/aromatic N) is 3. The van der Waals surface area contributed by atoms with Crippen LogP contribution in [0.4, 0.5) is 8.78 Å².